The molecule has 0 spiro atoms. The maximum atomic E-state index is 2.47. The average molecular weight is 228 g/mol. The molecule has 1 atom stereocenters. The standard InChI is InChI=1S/C14H28S/c1-7-14(15-11-12(2,3)4)10-8-9-13(14,5)6/h7-11H2,1-6H3. The molecule has 0 saturated heterocycles. The molecular weight excluding hydrogens is 200 g/mol. The molecule has 1 fully saturated rings. The summed E-state index contributed by atoms with van der Waals surface area (Å²) in [5.74, 6) is 1.30. The molecule has 0 amide bonds. The van der Waals surface area contributed by atoms with Gasteiger partial charge in [-0.3, -0.25) is 0 Å². The molecule has 0 nitrogen and oxygen atoms in total. The Labute approximate surface area is 101 Å². The fourth-order valence-electron chi connectivity index (χ4n) is 2.76. The van der Waals surface area contributed by atoms with Crippen molar-refractivity contribution in [3.05, 3.63) is 0 Å². The Morgan fingerprint density at radius 1 is 1.13 bits per heavy atom. The molecule has 1 unspecified atom stereocenters. The van der Waals surface area contributed by atoms with Crippen LogP contribution in [0.15, 0.2) is 0 Å². The molecule has 1 aliphatic carbocycles. The second kappa shape index (κ2) is 4.31. The van der Waals surface area contributed by atoms with Gasteiger partial charge in [0.15, 0.2) is 0 Å². The van der Waals surface area contributed by atoms with Gasteiger partial charge in [0, 0.05) is 4.75 Å². The van der Waals surface area contributed by atoms with E-state index in [9.17, 15) is 0 Å². The van der Waals surface area contributed by atoms with Gasteiger partial charge in [0.05, 0.1) is 0 Å². The number of hydrogen-bond donors (Lipinski definition) is 0. The van der Waals surface area contributed by atoms with Gasteiger partial charge in [-0.15, -0.1) is 0 Å². The Bertz CT molecular complexity index is 212. The summed E-state index contributed by atoms with van der Waals surface area (Å²) >= 11 is 2.25. The minimum Gasteiger partial charge on any atom is -0.154 e. The average Bonchev–Trinajstić information content (AvgIpc) is 2.37. The molecule has 0 aliphatic heterocycles. The van der Waals surface area contributed by atoms with Crippen LogP contribution in [0, 0.1) is 10.8 Å². The molecule has 0 aromatic carbocycles. The highest BCUT2D eigenvalue weighted by Crippen LogP contribution is 2.56. The smallest absolute Gasteiger partial charge is 0.0208 e. The van der Waals surface area contributed by atoms with E-state index < -0.39 is 0 Å². The predicted molar refractivity (Wildman–Crippen MR) is 72.6 cm³/mol. The summed E-state index contributed by atoms with van der Waals surface area (Å²) in [4.78, 5) is 0. The van der Waals surface area contributed by atoms with Crippen molar-refractivity contribution in [2.45, 2.75) is 72.0 Å². The van der Waals surface area contributed by atoms with E-state index in [2.05, 4.69) is 53.3 Å². The van der Waals surface area contributed by atoms with Crippen molar-refractivity contribution < 1.29 is 0 Å². The molecule has 15 heavy (non-hydrogen) atoms. The summed E-state index contributed by atoms with van der Waals surface area (Å²) in [7, 11) is 0. The lowest BCUT2D eigenvalue weighted by molar-refractivity contribution is 0.288. The third-order valence-corrected chi connectivity index (χ3v) is 6.58. The monoisotopic (exact) mass is 228 g/mol. The van der Waals surface area contributed by atoms with E-state index in [1.54, 1.807) is 0 Å². The minimum atomic E-state index is 0.464. The maximum Gasteiger partial charge on any atom is 0.0208 e. The predicted octanol–water partition coefficient (Wildman–Crippen LogP) is 5.12. The fraction of sp³-hybridized carbons (Fsp3) is 1.00. The molecule has 0 radical (unpaired) electrons. The molecule has 0 aromatic heterocycles. The van der Waals surface area contributed by atoms with Gasteiger partial charge in [0.25, 0.3) is 0 Å². The summed E-state index contributed by atoms with van der Waals surface area (Å²) in [6.45, 7) is 14.4. The van der Waals surface area contributed by atoms with Gasteiger partial charge in [-0.2, -0.15) is 11.8 Å². The van der Waals surface area contributed by atoms with Crippen LogP contribution in [0.2, 0.25) is 0 Å². The lowest BCUT2D eigenvalue weighted by atomic mass is 9.79. The first-order chi connectivity index (χ1) is 6.72. The van der Waals surface area contributed by atoms with Crippen LogP contribution in [-0.2, 0) is 0 Å². The topological polar surface area (TPSA) is 0 Å². The van der Waals surface area contributed by atoms with E-state index in [1.165, 1.54) is 31.4 Å². The molecule has 0 N–H and O–H groups in total. The van der Waals surface area contributed by atoms with Gasteiger partial charge in [-0.1, -0.05) is 48.0 Å². The van der Waals surface area contributed by atoms with Crippen LogP contribution in [-0.4, -0.2) is 10.5 Å². The van der Waals surface area contributed by atoms with E-state index in [4.69, 9.17) is 0 Å². The largest absolute Gasteiger partial charge is 0.154 e. The van der Waals surface area contributed by atoms with Gasteiger partial charge >= 0.3 is 0 Å². The minimum absolute atomic E-state index is 0.464. The zero-order chi connectivity index (χ0) is 11.7. The molecule has 0 aromatic rings. The van der Waals surface area contributed by atoms with Crippen LogP contribution in [0.5, 0.6) is 0 Å². The SMILES string of the molecule is CCC1(SCC(C)(C)C)CCCC1(C)C. The van der Waals surface area contributed by atoms with Crippen LogP contribution in [0.4, 0.5) is 0 Å². The molecule has 90 valence electrons. The molecule has 1 rings (SSSR count). The van der Waals surface area contributed by atoms with Crippen molar-refractivity contribution in [1.82, 2.24) is 0 Å². The highest BCUT2D eigenvalue weighted by Gasteiger charge is 2.47. The van der Waals surface area contributed by atoms with Crippen molar-refractivity contribution in [3.63, 3.8) is 0 Å². The van der Waals surface area contributed by atoms with Gasteiger partial charge < -0.3 is 0 Å². The van der Waals surface area contributed by atoms with Gasteiger partial charge in [0.1, 0.15) is 0 Å². The lowest BCUT2D eigenvalue weighted by Crippen LogP contribution is -2.37. The first-order valence-electron chi connectivity index (χ1n) is 6.36. The number of hydrogen-bond acceptors (Lipinski definition) is 1. The van der Waals surface area contributed by atoms with Crippen LogP contribution >= 0.6 is 11.8 Å². The lowest BCUT2D eigenvalue weighted by Gasteiger charge is -2.42. The van der Waals surface area contributed by atoms with Crippen molar-refractivity contribution in [2.24, 2.45) is 10.8 Å². The first kappa shape index (κ1) is 13.4. The van der Waals surface area contributed by atoms with Crippen LogP contribution in [0.25, 0.3) is 0 Å². The van der Waals surface area contributed by atoms with Crippen LogP contribution in [0.3, 0.4) is 0 Å². The Kier molecular flexibility index (Phi) is 3.86. The van der Waals surface area contributed by atoms with Crippen molar-refractivity contribution in [3.8, 4) is 0 Å². The molecule has 0 heterocycles. The second-order valence-corrected chi connectivity index (χ2v) is 8.29. The Morgan fingerprint density at radius 2 is 1.73 bits per heavy atom. The highest BCUT2D eigenvalue weighted by molar-refractivity contribution is 8.00. The fourth-order valence-corrected chi connectivity index (χ4v) is 4.46. The molecular formula is C14H28S. The van der Waals surface area contributed by atoms with Gasteiger partial charge in [-0.05, 0) is 35.8 Å². The number of thioether (sulfide) groups is 1. The molecule has 1 saturated carbocycles. The highest BCUT2D eigenvalue weighted by atomic mass is 32.2. The second-order valence-electron chi connectivity index (χ2n) is 6.93. The third-order valence-electron chi connectivity index (χ3n) is 3.97. The van der Waals surface area contributed by atoms with E-state index in [-0.39, 0.29) is 0 Å². The van der Waals surface area contributed by atoms with Crippen LogP contribution < -0.4 is 0 Å². The maximum absolute atomic E-state index is 2.47. The quantitative estimate of drug-likeness (QED) is 0.645. The summed E-state index contributed by atoms with van der Waals surface area (Å²) in [6.07, 6.45) is 5.61. The molecule has 1 aliphatic rings. The number of rotatable bonds is 3. The Morgan fingerprint density at radius 3 is 2.07 bits per heavy atom. The van der Waals surface area contributed by atoms with Gasteiger partial charge in [0.2, 0.25) is 0 Å². The first-order valence-corrected chi connectivity index (χ1v) is 7.35. The van der Waals surface area contributed by atoms with E-state index in [0.717, 1.165) is 0 Å². The summed E-state index contributed by atoms with van der Waals surface area (Å²) < 4.78 is 0.556. The summed E-state index contributed by atoms with van der Waals surface area (Å²) in [5.41, 5.74) is 1.00. The Balaban J connectivity index is 2.69. The summed E-state index contributed by atoms with van der Waals surface area (Å²) in [5, 5.41) is 0. The zero-order valence-corrected chi connectivity index (χ0v) is 12.3. The van der Waals surface area contributed by atoms with Gasteiger partial charge in [-0.25, -0.2) is 0 Å². The van der Waals surface area contributed by atoms with E-state index in [0.29, 0.717) is 15.6 Å². The third kappa shape index (κ3) is 2.93. The summed E-state index contributed by atoms with van der Waals surface area (Å²) in [6, 6.07) is 0. The van der Waals surface area contributed by atoms with Crippen molar-refractivity contribution >= 4 is 11.8 Å². The zero-order valence-electron chi connectivity index (χ0n) is 11.4. The van der Waals surface area contributed by atoms with E-state index >= 15 is 0 Å². The normalized spacial score (nSPS) is 30.8. The molecule has 0 bridgehead atoms. The van der Waals surface area contributed by atoms with E-state index in [1.807, 2.05) is 0 Å². The van der Waals surface area contributed by atoms with Crippen molar-refractivity contribution in [2.75, 3.05) is 5.75 Å². The Hall–Kier alpha value is 0.350. The van der Waals surface area contributed by atoms with Crippen molar-refractivity contribution in [1.29, 1.82) is 0 Å². The molecule has 1 heteroatoms. The van der Waals surface area contributed by atoms with Crippen LogP contribution in [0.1, 0.15) is 67.2 Å².